The van der Waals surface area contributed by atoms with Crippen LogP contribution in [0.3, 0.4) is 0 Å². The highest BCUT2D eigenvalue weighted by molar-refractivity contribution is 5.75. The molecule has 22 heavy (non-hydrogen) atoms. The van der Waals surface area contributed by atoms with Crippen molar-refractivity contribution in [2.75, 3.05) is 26.7 Å². The van der Waals surface area contributed by atoms with E-state index in [0.29, 0.717) is 18.3 Å². The predicted octanol–water partition coefficient (Wildman–Crippen LogP) is 1.02. The maximum atomic E-state index is 11.0. The Hall–Kier alpha value is -2.41. The van der Waals surface area contributed by atoms with Crippen LogP contribution in [0.5, 0.6) is 5.75 Å². The van der Waals surface area contributed by atoms with E-state index >= 15 is 0 Å². The van der Waals surface area contributed by atoms with Crippen LogP contribution in [-0.2, 0) is 4.79 Å². The summed E-state index contributed by atoms with van der Waals surface area (Å²) in [6, 6.07) is 7.52. The molecule has 0 bridgehead atoms. The van der Waals surface area contributed by atoms with Crippen LogP contribution >= 0.6 is 0 Å². The lowest BCUT2D eigenvalue weighted by molar-refractivity contribution is -0.118. The maximum absolute atomic E-state index is 11.0. The molecule has 1 atom stereocenters. The van der Waals surface area contributed by atoms with Crippen molar-refractivity contribution in [3.63, 3.8) is 0 Å². The van der Waals surface area contributed by atoms with Gasteiger partial charge < -0.3 is 15.0 Å². The fourth-order valence-electron chi connectivity index (χ4n) is 2.68. The molecule has 1 saturated heterocycles. The number of hydrogen-bond acceptors (Lipinski definition) is 6. The van der Waals surface area contributed by atoms with Crippen LogP contribution in [0.25, 0.3) is 11.4 Å². The number of benzene rings is 1. The molecular weight excluding hydrogens is 284 g/mol. The van der Waals surface area contributed by atoms with Crippen molar-refractivity contribution in [2.24, 2.45) is 5.73 Å². The van der Waals surface area contributed by atoms with E-state index in [1.165, 1.54) is 0 Å². The minimum atomic E-state index is -0.316. The van der Waals surface area contributed by atoms with Crippen molar-refractivity contribution >= 4 is 5.91 Å². The standard InChI is InChI=1S/C15H18N4O3/c1-21-12-4-2-3-10(7-12)14-17-15(22-18-14)11-5-6-19(8-11)9-13(16)20/h2-4,7,11H,5-6,8-9H2,1H3,(H2,16,20)/t11-/m0/s1. The number of carbonyl (C=O) groups is 1. The van der Waals surface area contributed by atoms with Crippen molar-refractivity contribution in [1.29, 1.82) is 0 Å². The number of rotatable bonds is 5. The molecule has 0 unspecified atom stereocenters. The molecule has 7 heteroatoms. The lowest BCUT2D eigenvalue weighted by Gasteiger charge is -2.11. The molecule has 1 aliphatic heterocycles. The Kier molecular flexibility index (Phi) is 4.06. The molecule has 2 aromatic rings. The minimum absolute atomic E-state index is 0.145. The van der Waals surface area contributed by atoms with Gasteiger partial charge in [-0.3, -0.25) is 9.69 Å². The average Bonchev–Trinajstić information content (AvgIpc) is 3.15. The third-order valence-corrected chi connectivity index (χ3v) is 3.77. The maximum Gasteiger partial charge on any atom is 0.231 e. The van der Waals surface area contributed by atoms with Crippen LogP contribution in [0.15, 0.2) is 28.8 Å². The van der Waals surface area contributed by atoms with Crippen LogP contribution in [0.4, 0.5) is 0 Å². The third kappa shape index (κ3) is 3.09. The highest BCUT2D eigenvalue weighted by Gasteiger charge is 2.29. The van der Waals surface area contributed by atoms with E-state index in [1.807, 2.05) is 29.2 Å². The molecule has 0 aliphatic carbocycles. The Morgan fingerprint density at radius 1 is 1.55 bits per heavy atom. The van der Waals surface area contributed by atoms with Crippen LogP contribution in [0.2, 0.25) is 0 Å². The van der Waals surface area contributed by atoms with Gasteiger partial charge in [-0.25, -0.2) is 0 Å². The smallest absolute Gasteiger partial charge is 0.231 e. The van der Waals surface area contributed by atoms with Crippen LogP contribution in [0.1, 0.15) is 18.2 Å². The summed E-state index contributed by atoms with van der Waals surface area (Å²) in [6.45, 7) is 1.79. The predicted molar refractivity (Wildman–Crippen MR) is 79.3 cm³/mol. The average molecular weight is 302 g/mol. The summed E-state index contributed by atoms with van der Waals surface area (Å²) in [4.78, 5) is 17.4. The van der Waals surface area contributed by atoms with Gasteiger partial charge >= 0.3 is 0 Å². The molecule has 7 nitrogen and oxygen atoms in total. The van der Waals surface area contributed by atoms with E-state index < -0.39 is 0 Å². The van der Waals surface area contributed by atoms with E-state index in [0.717, 1.165) is 24.3 Å². The molecule has 1 fully saturated rings. The zero-order valence-electron chi connectivity index (χ0n) is 12.4. The second kappa shape index (κ2) is 6.15. The van der Waals surface area contributed by atoms with Gasteiger partial charge in [0.1, 0.15) is 5.75 Å². The topological polar surface area (TPSA) is 94.5 Å². The van der Waals surface area contributed by atoms with Crippen LogP contribution in [-0.4, -0.2) is 47.7 Å². The first-order valence-corrected chi connectivity index (χ1v) is 7.14. The number of nitrogens with two attached hydrogens (primary N) is 1. The first-order valence-electron chi connectivity index (χ1n) is 7.14. The number of aromatic nitrogens is 2. The van der Waals surface area contributed by atoms with E-state index in [-0.39, 0.29) is 18.4 Å². The molecule has 2 heterocycles. The Morgan fingerprint density at radius 3 is 3.18 bits per heavy atom. The largest absolute Gasteiger partial charge is 0.497 e. The van der Waals surface area contributed by atoms with Crippen molar-refractivity contribution in [2.45, 2.75) is 12.3 Å². The molecule has 0 saturated carbocycles. The number of likely N-dealkylation sites (tertiary alicyclic amines) is 1. The lowest BCUT2D eigenvalue weighted by Crippen LogP contribution is -2.31. The zero-order chi connectivity index (χ0) is 15.5. The molecule has 0 radical (unpaired) electrons. The second-order valence-electron chi connectivity index (χ2n) is 5.38. The number of amides is 1. The number of primary amides is 1. The van der Waals surface area contributed by atoms with Gasteiger partial charge in [-0.1, -0.05) is 17.3 Å². The molecule has 2 N–H and O–H groups in total. The highest BCUT2D eigenvalue weighted by atomic mass is 16.5. The van der Waals surface area contributed by atoms with Crippen molar-refractivity contribution < 1.29 is 14.1 Å². The third-order valence-electron chi connectivity index (χ3n) is 3.77. The fourth-order valence-corrected chi connectivity index (χ4v) is 2.68. The van der Waals surface area contributed by atoms with Crippen molar-refractivity contribution in [3.05, 3.63) is 30.2 Å². The first-order chi connectivity index (χ1) is 10.7. The minimum Gasteiger partial charge on any atom is -0.497 e. The van der Waals surface area contributed by atoms with Gasteiger partial charge in [0.2, 0.25) is 17.6 Å². The molecule has 1 aliphatic rings. The van der Waals surface area contributed by atoms with E-state index in [2.05, 4.69) is 10.1 Å². The SMILES string of the molecule is COc1cccc(-c2noc([C@H]3CCN(CC(N)=O)C3)n2)c1. The summed E-state index contributed by atoms with van der Waals surface area (Å²) in [5, 5.41) is 4.04. The van der Waals surface area contributed by atoms with E-state index in [9.17, 15) is 4.79 Å². The normalized spacial score (nSPS) is 18.5. The first kappa shape index (κ1) is 14.5. The van der Waals surface area contributed by atoms with Crippen LogP contribution in [0, 0.1) is 0 Å². The van der Waals surface area contributed by atoms with Gasteiger partial charge in [-0.15, -0.1) is 0 Å². The van der Waals surface area contributed by atoms with Gasteiger partial charge in [-0.05, 0) is 25.1 Å². The Balaban J connectivity index is 1.72. The Labute approximate surface area is 128 Å². The van der Waals surface area contributed by atoms with Crippen molar-refractivity contribution in [1.82, 2.24) is 15.0 Å². The number of ether oxygens (including phenoxy) is 1. The lowest BCUT2D eigenvalue weighted by atomic mass is 10.1. The summed E-state index contributed by atoms with van der Waals surface area (Å²) >= 11 is 0. The number of methoxy groups -OCH3 is 1. The number of nitrogens with zero attached hydrogens (tertiary/aromatic N) is 3. The van der Waals surface area contributed by atoms with Gasteiger partial charge in [0.15, 0.2) is 0 Å². The second-order valence-corrected chi connectivity index (χ2v) is 5.38. The Bertz CT molecular complexity index is 670. The highest BCUT2D eigenvalue weighted by Crippen LogP contribution is 2.28. The Morgan fingerprint density at radius 2 is 2.41 bits per heavy atom. The molecule has 1 aromatic heterocycles. The van der Waals surface area contributed by atoms with Crippen LogP contribution < -0.4 is 10.5 Å². The van der Waals surface area contributed by atoms with E-state index in [4.69, 9.17) is 15.0 Å². The quantitative estimate of drug-likeness (QED) is 0.886. The summed E-state index contributed by atoms with van der Waals surface area (Å²) in [6.07, 6.45) is 0.882. The molecule has 1 aromatic carbocycles. The summed E-state index contributed by atoms with van der Waals surface area (Å²) in [7, 11) is 1.62. The van der Waals surface area contributed by atoms with Gasteiger partial charge in [0, 0.05) is 12.1 Å². The van der Waals surface area contributed by atoms with Gasteiger partial charge in [0.25, 0.3) is 0 Å². The summed E-state index contributed by atoms with van der Waals surface area (Å²) in [5.41, 5.74) is 6.07. The molecule has 0 spiro atoms. The molecule has 3 rings (SSSR count). The van der Waals surface area contributed by atoms with E-state index in [1.54, 1.807) is 7.11 Å². The fraction of sp³-hybridized carbons (Fsp3) is 0.400. The number of carbonyl (C=O) groups excluding carboxylic acids is 1. The number of hydrogen-bond donors (Lipinski definition) is 1. The van der Waals surface area contributed by atoms with Gasteiger partial charge in [0.05, 0.1) is 19.6 Å². The molecular formula is C15H18N4O3. The molecule has 116 valence electrons. The van der Waals surface area contributed by atoms with Crippen molar-refractivity contribution in [3.8, 4) is 17.1 Å². The summed E-state index contributed by atoms with van der Waals surface area (Å²) < 4.78 is 10.6. The summed E-state index contributed by atoms with van der Waals surface area (Å²) in [5.74, 6) is 1.72. The van der Waals surface area contributed by atoms with Gasteiger partial charge in [-0.2, -0.15) is 4.98 Å². The molecule has 1 amide bonds. The monoisotopic (exact) mass is 302 g/mol. The zero-order valence-corrected chi connectivity index (χ0v) is 12.4.